The molecule has 0 radical (unpaired) electrons. The summed E-state index contributed by atoms with van der Waals surface area (Å²) in [6.07, 6.45) is 0. The molecular weight excluding hydrogens is 488 g/mol. The molecule has 1 aliphatic heterocycles. The third kappa shape index (κ3) is 6.40. The molecule has 1 atom stereocenters. The van der Waals surface area contributed by atoms with Crippen LogP contribution < -0.4 is 4.74 Å². The molecular formula is C33H38N2O4. The lowest BCUT2D eigenvalue weighted by atomic mass is 9.85. The van der Waals surface area contributed by atoms with Gasteiger partial charge in [0.05, 0.1) is 11.6 Å². The van der Waals surface area contributed by atoms with Gasteiger partial charge in [-0.15, -0.1) is 0 Å². The van der Waals surface area contributed by atoms with Gasteiger partial charge in [0.25, 0.3) is 11.7 Å². The average Bonchev–Trinajstić information content (AvgIpc) is 3.15. The fourth-order valence-corrected chi connectivity index (χ4v) is 4.76. The van der Waals surface area contributed by atoms with E-state index in [0.717, 1.165) is 16.7 Å². The van der Waals surface area contributed by atoms with Crippen molar-refractivity contribution in [2.45, 2.75) is 45.8 Å². The second-order valence-electron chi connectivity index (χ2n) is 11.5. The predicted molar refractivity (Wildman–Crippen MR) is 155 cm³/mol. The lowest BCUT2D eigenvalue weighted by molar-refractivity contribution is -0.140. The van der Waals surface area contributed by atoms with Gasteiger partial charge in [-0.3, -0.25) is 9.59 Å². The molecule has 1 aliphatic rings. The smallest absolute Gasteiger partial charge is 0.295 e. The molecule has 6 nitrogen and oxygen atoms in total. The molecule has 1 saturated heterocycles. The fraction of sp³-hybridized carbons (Fsp3) is 0.333. The van der Waals surface area contributed by atoms with Crippen molar-refractivity contribution in [3.05, 3.63) is 106 Å². The van der Waals surface area contributed by atoms with Crippen LogP contribution in [0.25, 0.3) is 5.76 Å². The molecule has 0 saturated carbocycles. The van der Waals surface area contributed by atoms with Gasteiger partial charge in [-0.2, -0.15) is 0 Å². The quantitative estimate of drug-likeness (QED) is 0.226. The molecule has 0 unspecified atom stereocenters. The van der Waals surface area contributed by atoms with Crippen LogP contribution in [0, 0.1) is 6.92 Å². The van der Waals surface area contributed by atoms with Crippen LogP contribution in [0.4, 0.5) is 0 Å². The van der Waals surface area contributed by atoms with Crippen molar-refractivity contribution in [3.63, 3.8) is 0 Å². The zero-order valence-corrected chi connectivity index (χ0v) is 23.7. The van der Waals surface area contributed by atoms with E-state index in [9.17, 15) is 14.7 Å². The first kappa shape index (κ1) is 28.1. The molecule has 6 heteroatoms. The van der Waals surface area contributed by atoms with Crippen LogP contribution in [0.3, 0.4) is 0 Å². The van der Waals surface area contributed by atoms with Crippen LogP contribution in [0.15, 0.2) is 78.4 Å². The number of hydrogen-bond acceptors (Lipinski definition) is 5. The van der Waals surface area contributed by atoms with Crippen LogP contribution in [0.5, 0.6) is 5.75 Å². The maximum atomic E-state index is 13.3. The predicted octanol–water partition coefficient (Wildman–Crippen LogP) is 5.85. The third-order valence-electron chi connectivity index (χ3n) is 7.04. The number of likely N-dealkylation sites (N-methyl/N-ethyl adjacent to an activating group) is 1. The Morgan fingerprint density at radius 3 is 2.23 bits per heavy atom. The summed E-state index contributed by atoms with van der Waals surface area (Å²) in [4.78, 5) is 30.0. The zero-order valence-electron chi connectivity index (χ0n) is 23.7. The number of rotatable bonds is 8. The molecule has 3 aromatic carbocycles. The normalized spacial score (nSPS) is 17.2. The molecule has 1 N–H and O–H groups in total. The lowest BCUT2D eigenvalue weighted by Crippen LogP contribution is -2.35. The minimum atomic E-state index is -0.670. The number of hydrogen-bond donors (Lipinski definition) is 1. The number of amides is 1. The summed E-state index contributed by atoms with van der Waals surface area (Å²) in [6, 6.07) is 22.4. The van der Waals surface area contributed by atoms with Crippen LogP contribution in [-0.2, 0) is 21.6 Å². The Labute approximate surface area is 231 Å². The van der Waals surface area contributed by atoms with Crippen molar-refractivity contribution in [2.75, 3.05) is 27.2 Å². The second-order valence-corrected chi connectivity index (χ2v) is 11.5. The van der Waals surface area contributed by atoms with E-state index in [1.807, 2.05) is 68.4 Å². The van der Waals surface area contributed by atoms with Gasteiger partial charge in [0.1, 0.15) is 18.1 Å². The van der Waals surface area contributed by atoms with Gasteiger partial charge in [0, 0.05) is 18.7 Å². The van der Waals surface area contributed by atoms with Gasteiger partial charge in [-0.1, -0.05) is 74.9 Å². The Kier molecular flexibility index (Phi) is 8.26. The number of aliphatic hydroxyl groups excluding tert-OH is 1. The Morgan fingerprint density at radius 2 is 1.64 bits per heavy atom. The van der Waals surface area contributed by atoms with Crippen molar-refractivity contribution in [2.24, 2.45) is 0 Å². The maximum absolute atomic E-state index is 13.3. The summed E-state index contributed by atoms with van der Waals surface area (Å²) in [7, 11) is 3.85. The van der Waals surface area contributed by atoms with Crippen LogP contribution >= 0.6 is 0 Å². The van der Waals surface area contributed by atoms with Gasteiger partial charge in [-0.25, -0.2) is 0 Å². The standard InChI is InChI=1S/C33H38N2O4/c1-22-8-7-9-23(20-22)21-39-27-16-12-25(13-17-27)30(36)28-29(24-10-14-26(15-11-24)33(2,3)4)35(19-18-34(5)6)32(38)31(28)37/h7-17,20,29,36H,18-19,21H2,1-6H3/t29-/m0/s1. The monoisotopic (exact) mass is 526 g/mol. The number of Topliss-reactive ketones (excluding diaryl/α,β-unsaturated/α-hetero) is 1. The number of aliphatic hydroxyl groups is 1. The van der Waals surface area contributed by atoms with E-state index in [2.05, 4.69) is 26.8 Å². The number of aryl methyl sites for hydroxylation is 1. The molecule has 1 heterocycles. The van der Waals surface area contributed by atoms with Gasteiger partial charge in [0.2, 0.25) is 0 Å². The Balaban J connectivity index is 1.66. The minimum Gasteiger partial charge on any atom is -0.507 e. The molecule has 204 valence electrons. The topological polar surface area (TPSA) is 70.1 Å². The summed E-state index contributed by atoms with van der Waals surface area (Å²) >= 11 is 0. The average molecular weight is 527 g/mol. The Morgan fingerprint density at radius 1 is 0.974 bits per heavy atom. The maximum Gasteiger partial charge on any atom is 0.295 e. The van der Waals surface area contributed by atoms with E-state index in [-0.39, 0.29) is 16.7 Å². The third-order valence-corrected chi connectivity index (χ3v) is 7.04. The van der Waals surface area contributed by atoms with Crippen molar-refractivity contribution >= 4 is 17.4 Å². The van der Waals surface area contributed by atoms with Crippen molar-refractivity contribution in [3.8, 4) is 5.75 Å². The summed E-state index contributed by atoms with van der Waals surface area (Å²) in [5.41, 5.74) is 4.71. The molecule has 1 fully saturated rings. The van der Waals surface area contributed by atoms with E-state index in [1.165, 1.54) is 5.56 Å². The number of benzene rings is 3. The summed E-state index contributed by atoms with van der Waals surface area (Å²) in [6.45, 7) is 9.84. The first-order valence-electron chi connectivity index (χ1n) is 13.3. The highest BCUT2D eigenvalue weighted by molar-refractivity contribution is 6.46. The van der Waals surface area contributed by atoms with Crippen molar-refractivity contribution < 1.29 is 19.4 Å². The number of likely N-dealkylation sites (tertiary alicyclic amines) is 1. The van der Waals surface area contributed by atoms with E-state index >= 15 is 0 Å². The number of nitrogens with zero attached hydrogens (tertiary/aromatic N) is 2. The summed E-state index contributed by atoms with van der Waals surface area (Å²) < 4.78 is 5.91. The molecule has 0 aliphatic carbocycles. The first-order valence-corrected chi connectivity index (χ1v) is 13.3. The molecule has 3 aromatic rings. The summed E-state index contributed by atoms with van der Waals surface area (Å²) in [5.74, 6) is -0.804. The number of carbonyl (C=O) groups excluding carboxylic acids is 2. The highest BCUT2D eigenvalue weighted by Gasteiger charge is 2.45. The van der Waals surface area contributed by atoms with Crippen molar-refractivity contribution in [1.82, 2.24) is 9.80 Å². The SMILES string of the molecule is Cc1cccc(COc2ccc(C(O)=C3C(=O)C(=O)N(CCN(C)C)[C@H]3c3ccc(C(C)(C)C)cc3)cc2)c1. The van der Waals surface area contributed by atoms with E-state index in [1.54, 1.807) is 29.2 Å². The lowest BCUT2D eigenvalue weighted by Gasteiger charge is -2.27. The highest BCUT2D eigenvalue weighted by atomic mass is 16.5. The molecule has 0 spiro atoms. The minimum absolute atomic E-state index is 0.0333. The van der Waals surface area contributed by atoms with E-state index < -0.39 is 17.7 Å². The molecule has 39 heavy (non-hydrogen) atoms. The Hall–Kier alpha value is -3.90. The van der Waals surface area contributed by atoms with Crippen LogP contribution in [-0.4, -0.2) is 53.8 Å². The zero-order chi connectivity index (χ0) is 28.3. The molecule has 4 rings (SSSR count). The fourth-order valence-electron chi connectivity index (χ4n) is 4.76. The number of ketones is 1. The highest BCUT2D eigenvalue weighted by Crippen LogP contribution is 2.40. The Bertz CT molecular complexity index is 1370. The summed E-state index contributed by atoms with van der Waals surface area (Å²) in [5, 5.41) is 11.4. The van der Waals surface area contributed by atoms with E-state index in [4.69, 9.17) is 4.74 Å². The number of ether oxygens (including phenoxy) is 1. The van der Waals surface area contributed by atoms with E-state index in [0.29, 0.717) is 31.0 Å². The van der Waals surface area contributed by atoms with Gasteiger partial charge in [-0.05, 0) is 67.4 Å². The molecule has 0 bridgehead atoms. The van der Waals surface area contributed by atoms with Crippen LogP contribution in [0.2, 0.25) is 0 Å². The van der Waals surface area contributed by atoms with Crippen LogP contribution in [0.1, 0.15) is 54.6 Å². The molecule has 1 amide bonds. The van der Waals surface area contributed by atoms with Gasteiger partial charge >= 0.3 is 0 Å². The molecule has 0 aromatic heterocycles. The largest absolute Gasteiger partial charge is 0.507 e. The van der Waals surface area contributed by atoms with Crippen molar-refractivity contribution in [1.29, 1.82) is 0 Å². The second kappa shape index (κ2) is 11.5. The first-order chi connectivity index (χ1) is 18.5. The van der Waals surface area contributed by atoms with Gasteiger partial charge in [0.15, 0.2) is 0 Å². The number of carbonyl (C=O) groups is 2. The van der Waals surface area contributed by atoms with Gasteiger partial charge < -0.3 is 19.6 Å².